The highest BCUT2D eigenvalue weighted by atomic mass is 16.5. The number of hydrogen-bond donors (Lipinski definition) is 1. The van der Waals surface area contributed by atoms with Gasteiger partial charge in [-0.3, -0.25) is 4.79 Å². The number of para-hydroxylation sites is 1. The molecule has 0 bridgehead atoms. The molecule has 0 fully saturated rings. The van der Waals surface area contributed by atoms with Crippen molar-refractivity contribution < 1.29 is 14.3 Å². The average molecular weight is 373 g/mol. The molecule has 1 atom stereocenters. The first-order valence-corrected chi connectivity index (χ1v) is 9.65. The fourth-order valence-electron chi connectivity index (χ4n) is 4.60. The van der Waals surface area contributed by atoms with E-state index in [2.05, 4.69) is 31.0 Å². The normalized spacial score (nSPS) is 20.5. The standard InChI is InChI=1S/C24H23NO3/c1-24(2)11-19(26)23-21(12-24)28-20-10-14(27-3)8-9-16(20)22(23)17-13-25-18-7-5-4-6-15(17)18/h4-10,13,22,25H,11-12H2,1-3H3. The minimum atomic E-state index is -0.135. The lowest BCUT2D eigenvalue weighted by molar-refractivity contribution is -0.118. The molecule has 2 aliphatic rings. The maximum absolute atomic E-state index is 13.2. The quantitative estimate of drug-likeness (QED) is 0.659. The van der Waals surface area contributed by atoms with Crippen LogP contribution in [0.25, 0.3) is 10.9 Å². The first-order valence-electron chi connectivity index (χ1n) is 9.65. The molecule has 4 nitrogen and oxygen atoms in total. The number of allylic oxidation sites excluding steroid dienone is 2. The van der Waals surface area contributed by atoms with Crippen LogP contribution in [0.5, 0.6) is 11.5 Å². The minimum absolute atomic E-state index is 0.100. The number of carbonyl (C=O) groups is 1. The van der Waals surface area contributed by atoms with E-state index < -0.39 is 0 Å². The number of benzene rings is 2. The van der Waals surface area contributed by atoms with Crippen molar-refractivity contribution in [3.63, 3.8) is 0 Å². The maximum Gasteiger partial charge on any atom is 0.163 e. The average Bonchev–Trinajstić information content (AvgIpc) is 3.08. The van der Waals surface area contributed by atoms with E-state index in [4.69, 9.17) is 9.47 Å². The Kier molecular flexibility index (Phi) is 3.66. The summed E-state index contributed by atoms with van der Waals surface area (Å²) < 4.78 is 11.7. The molecule has 4 heteroatoms. The van der Waals surface area contributed by atoms with Crippen LogP contribution < -0.4 is 9.47 Å². The number of nitrogens with one attached hydrogen (secondary N) is 1. The third kappa shape index (κ3) is 2.55. The third-order valence-corrected chi connectivity index (χ3v) is 5.86. The van der Waals surface area contributed by atoms with Gasteiger partial charge in [0.25, 0.3) is 0 Å². The van der Waals surface area contributed by atoms with Crippen molar-refractivity contribution in [1.29, 1.82) is 0 Å². The van der Waals surface area contributed by atoms with Gasteiger partial charge in [-0.05, 0) is 23.1 Å². The first kappa shape index (κ1) is 17.1. The van der Waals surface area contributed by atoms with Gasteiger partial charge in [-0.1, -0.05) is 38.1 Å². The highest BCUT2D eigenvalue weighted by molar-refractivity contribution is 6.01. The van der Waals surface area contributed by atoms with Gasteiger partial charge in [0.05, 0.1) is 7.11 Å². The first-order chi connectivity index (χ1) is 13.5. The summed E-state index contributed by atoms with van der Waals surface area (Å²) in [6.45, 7) is 4.25. The summed E-state index contributed by atoms with van der Waals surface area (Å²) in [6, 6.07) is 14.1. The van der Waals surface area contributed by atoms with Gasteiger partial charge in [0.15, 0.2) is 5.78 Å². The summed E-state index contributed by atoms with van der Waals surface area (Å²) in [5, 5.41) is 1.14. The van der Waals surface area contributed by atoms with Gasteiger partial charge in [-0.2, -0.15) is 0 Å². The summed E-state index contributed by atoms with van der Waals surface area (Å²) in [6.07, 6.45) is 3.33. The minimum Gasteiger partial charge on any atom is -0.497 e. The SMILES string of the molecule is COc1ccc2c(c1)OC1=C(C(=O)CC(C)(C)C1)C2c1c[nH]c2ccccc12. The summed E-state index contributed by atoms with van der Waals surface area (Å²) in [5.41, 5.74) is 3.91. The molecule has 1 N–H and O–H groups in total. The van der Waals surface area contributed by atoms with Crippen molar-refractivity contribution >= 4 is 16.7 Å². The molecular weight excluding hydrogens is 350 g/mol. The second-order valence-corrected chi connectivity index (χ2v) is 8.51. The largest absolute Gasteiger partial charge is 0.497 e. The molecule has 1 unspecified atom stereocenters. The number of ketones is 1. The highest BCUT2D eigenvalue weighted by Crippen LogP contribution is 2.51. The van der Waals surface area contributed by atoms with Gasteiger partial charge in [0, 0.05) is 53.1 Å². The van der Waals surface area contributed by atoms with Crippen molar-refractivity contribution in [3.05, 3.63) is 71.1 Å². The molecule has 2 heterocycles. The summed E-state index contributed by atoms with van der Waals surface area (Å²) in [5.74, 6) is 2.38. The molecule has 0 radical (unpaired) electrons. The Hall–Kier alpha value is -3.01. The van der Waals surface area contributed by atoms with Crippen molar-refractivity contribution in [2.45, 2.75) is 32.6 Å². The Morgan fingerprint density at radius 2 is 1.93 bits per heavy atom. The van der Waals surface area contributed by atoms with Crippen LogP contribution in [0.3, 0.4) is 0 Å². The number of Topliss-reactive ketones (excluding diaryl/α,β-unsaturated/α-hetero) is 1. The number of carbonyl (C=O) groups excluding carboxylic acids is 1. The maximum atomic E-state index is 13.2. The lowest BCUT2D eigenvalue weighted by Gasteiger charge is -2.38. The highest BCUT2D eigenvalue weighted by Gasteiger charge is 2.42. The molecule has 0 saturated carbocycles. The lowest BCUT2D eigenvalue weighted by Crippen LogP contribution is -2.32. The zero-order valence-electron chi connectivity index (χ0n) is 16.3. The zero-order valence-corrected chi connectivity index (χ0v) is 16.3. The van der Waals surface area contributed by atoms with Crippen molar-refractivity contribution in [1.82, 2.24) is 4.98 Å². The van der Waals surface area contributed by atoms with E-state index in [0.717, 1.165) is 51.3 Å². The predicted molar refractivity (Wildman–Crippen MR) is 109 cm³/mol. The van der Waals surface area contributed by atoms with Gasteiger partial charge in [-0.15, -0.1) is 0 Å². The molecule has 1 aliphatic heterocycles. The number of H-pyrrole nitrogens is 1. The fourth-order valence-corrected chi connectivity index (χ4v) is 4.60. The van der Waals surface area contributed by atoms with E-state index in [-0.39, 0.29) is 17.1 Å². The van der Waals surface area contributed by atoms with Crippen LogP contribution in [0.2, 0.25) is 0 Å². The van der Waals surface area contributed by atoms with E-state index in [1.807, 2.05) is 36.5 Å². The number of hydrogen-bond acceptors (Lipinski definition) is 3. The summed E-state index contributed by atoms with van der Waals surface area (Å²) in [4.78, 5) is 16.6. The van der Waals surface area contributed by atoms with E-state index in [1.165, 1.54) is 0 Å². The Morgan fingerprint density at radius 1 is 1.11 bits per heavy atom. The van der Waals surface area contributed by atoms with E-state index in [1.54, 1.807) is 7.11 Å². The molecule has 28 heavy (non-hydrogen) atoms. The molecule has 0 saturated heterocycles. The Bertz CT molecular complexity index is 1140. The molecular formula is C24H23NO3. The molecule has 3 aromatic rings. The Balaban J connectivity index is 1.77. The van der Waals surface area contributed by atoms with Crippen LogP contribution in [0.1, 0.15) is 43.7 Å². The second kappa shape index (κ2) is 5.99. The van der Waals surface area contributed by atoms with Gasteiger partial charge in [0.1, 0.15) is 17.3 Å². The molecule has 0 spiro atoms. The van der Waals surface area contributed by atoms with Crippen LogP contribution in [-0.2, 0) is 4.79 Å². The number of methoxy groups -OCH3 is 1. The van der Waals surface area contributed by atoms with Gasteiger partial charge in [0.2, 0.25) is 0 Å². The molecule has 142 valence electrons. The predicted octanol–water partition coefficient (Wildman–Crippen LogP) is 5.34. The number of fused-ring (bicyclic) bond motifs is 2. The number of aromatic amines is 1. The fraction of sp³-hybridized carbons (Fsp3) is 0.292. The van der Waals surface area contributed by atoms with E-state index in [0.29, 0.717) is 6.42 Å². The van der Waals surface area contributed by atoms with Crippen molar-refractivity contribution in [2.24, 2.45) is 5.41 Å². The second-order valence-electron chi connectivity index (χ2n) is 8.51. The van der Waals surface area contributed by atoms with E-state index >= 15 is 0 Å². The smallest absolute Gasteiger partial charge is 0.163 e. The van der Waals surface area contributed by atoms with Crippen molar-refractivity contribution in [3.8, 4) is 11.5 Å². The molecule has 5 rings (SSSR count). The molecule has 2 aromatic carbocycles. The third-order valence-electron chi connectivity index (χ3n) is 5.86. The molecule has 0 amide bonds. The van der Waals surface area contributed by atoms with Crippen LogP contribution in [0.15, 0.2) is 60.0 Å². The zero-order chi connectivity index (χ0) is 19.5. The Morgan fingerprint density at radius 3 is 2.75 bits per heavy atom. The summed E-state index contributed by atoms with van der Waals surface area (Å²) >= 11 is 0. The molecule has 1 aliphatic carbocycles. The van der Waals surface area contributed by atoms with E-state index in [9.17, 15) is 4.79 Å². The van der Waals surface area contributed by atoms with Crippen molar-refractivity contribution in [2.75, 3.05) is 7.11 Å². The van der Waals surface area contributed by atoms with Gasteiger partial charge in [-0.25, -0.2) is 0 Å². The lowest BCUT2D eigenvalue weighted by atomic mass is 9.70. The Labute approximate surface area is 164 Å². The van der Waals surface area contributed by atoms with Gasteiger partial charge >= 0.3 is 0 Å². The van der Waals surface area contributed by atoms with Crippen LogP contribution >= 0.6 is 0 Å². The number of ether oxygens (including phenoxy) is 2. The van der Waals surface area contributed by atoms with Crippen LogP contribution in [-0.4, -0.2) is 17.9 Å². The number of aromatic nitrogens is 1. The summed E-state index contributed by atoms with van der Waals surface area (Å²) in [7, 11) is 1.65. The van der Waals surface area contributed by atoms with Crippen LogP contribution in [0.4, 0.5) is 0 Å². The topological polar surface area (TPSA) is 51.3 Å². The monoisotopic (exact) mass is 373 g/mol. The molecule has 1 aromatic heterocycles. The van der Waals surface area contributed by atoms with Gasteiger partial charge < -0.3 is 14.5 Å². The number of rotatable bonds is 2. The van der Waals surface area contributed by atoms with Crippen LogP contribution in [0, 0.1) is 5.41 Å².